The monoisotopic (exact) mass is 322 g/mol. The molecule has 122 valence electrons. The summed E-state index contributed by atoms with van der Waals surface area (Å²) in [6, 6.07) is 4.09. The Morgan fingerprint density at radius 2 is 1.68 bits per heavy atom. The second-order valence-electron chi connectivity index (χ2n) is 7.08. The number of nitrogens with zero attached hydrogens (tertiary/aromatic N) is 2. The van der Waals surface area contributed by atoms with E-state index < -0.39 is 0 Å². The lowest BCUT2D eigenvalue weighted by molar-refractivity contribution is -0.140. The maximum absolute atomic E-state index is 12.2. The lowest BCUT2D eigenvalue weighted by Crippen LogP contribution is -2.51. The van der Waals surface area contributed by atoms with Crippen LogP contribution in [0, 0.1) is 5.41 Å². The number of hydrogen-bond donors (Lipinski definition) is 0. The second-order valence-corrected chi connectivity index (χ2v) is 8.11. The molecule has 1 saturated heterocycles. The first kappa shape index (κ1) is 17.0. The van der Waals surface area contributed by atoms with Crippen LogP contribution >= 0.6 is 11.3 Å². The number of carbonyl (C=O) groups excluding carboxylic acids is 2. The third kappa shape index (κ3) is 5.13. The van der Waals surface area contributed by atoms with Gasteiger partial charge in [-0.1, -0.05) is 26.8 Å². The third-order valence-corrected chi connectivity index (χ3v) is 4.77. The Balaban J connectivity index is 1.74. The Kier molecular flexibility index (Phi) is 5.62. The normalized spacial score (nSPS) is 16.0. The molecule has 1 aliphatic heterocycles. The summed E-state index contributed by atoms with van der Waals surface area (Å²) >= 11 is 1.70. The zero-order chi connectivity index (χ0) is 16.2. The van der Waals surface area contributed by atoms with Crippen LogP contribution in [0.1, 0.15) is 38.5 Å². The number of amides is 2. The lowest BCUT2D eigenvalue weighted by atomic mass is 9.91. The summed E-state index contributed by atoms with van der Waals surface area (Å²) in [7, 11) is 0. The van der Waals surface area contributed by atoms with Crippen LogP contribution in [-0.4, -0.2) is 47.8 Å². The van der Waals surface area contributed by atoms with Crippen LogP contribution in [0.5, 0.6) is 0 Å². The van der Waals surface area contributed by atoms with Crippen molar-refractivity contribution in [1.29, 1.82) is 0 Å². The van der Waals surface area contributed by atoms with Crippen LogP contribution in [0.2, 0.25) is 0 Å². The smallest absolute Gasteiger partial charge is 0.223 e. The SMILES string of the molecule is CC(C)(C)CC(=O)N1CCN(C(=O)CCc2cccs2)CC1. The minimum Gasteiger partial charge on any atom is -0.339 e. The highest BCUT2D eigenvalue weighted by Crippen LogP contribution is 2.20. The lowest BCUT2D eigenvalue weighted by Gasteiger charge is -2.36. The van der Waals surface area contributed by atoms with E-state index in [0.29, 0.717) is 39.0 Å². The highest BCUT2D eigenvalue weighted by atomic mass is 32.1. The molecule has 0 atom stereocenters. The Labute approximate surface area is 137 Å². The molecule has 5 heteroatoms. The van der Waals surface area contributed by atoms with E-state index in [-0.39, 0.29) is 17.2 Å². The van der Waals surface area contributed by atoms with E-state index in [1.165, 1.54) is 4.88 Å². The van der Waals surface area contributed by atoms with Gasteiger partial charge in [-0.05, 0) is 23.3 Å². The Hall–Kier alpha value is -1.36. The molecule has 0 bridgehead atoms. The molecule has 2 rings (SSSR count). The van der Waals surface area contributed by atoms with Gasteiger partial charge in [0, 0.05) is 43.9 Å². The van der Waals surface area contributed by atoms with Crippen LogP contribution in [0.4, 0.5) is 0 Å². The van der Waals surface area contributed by atoms with Crippen LogP contribution in [0.15, 0.2) is 17.5 Å². The van der Waals surface area contributed by atoms with Gasteiger partial charge in [0.05, 0.1) is 0 Å². The van der Waals surface area contributed by atoms with Gasteiger partial charge in [-0.25, -0.2) is 0 Å². The van der Waals surface area contributed by atoms with Crippen molar-refractivity contribution in [2.75, 3.05) is 26.2 Å². The number of carbonyl (C=O) groups is 2. The summed E-state index contributed by atoms with van der Waals surface area (Å²) in [5, 5.41) is 2.04. The Bertz CT molecular complexity index is 497. The number of aryl methyl sites for hydroxylation is 1. The molecule has 1 aromatic heterocycles. The molecule has 2 amide bonds. The van der Waals surface area contributed by atoms with Gasteiger partial charge >= 0.3 is 0 Å². The number of thiophene rings is 1. The number of piperazine rings is 1. The van der Waals surface area contributed by atoms with Gasteiger partial charge < -0.3 is 9.80 Å². The third-order valence-electron chi connectivity index (χ3n) is 3.83. The topological polar surface area (TPSA) is 40.6 Å². The molecular weight excluding hydrogens is 296 g/mol. The predicted octanol–water partition coefficient (Wildman–Crippen LogP) is 2.79. The molecule has 0 N–H and O–H groups in total. The van der Waals surface area contributed by atoms with Crippen molar-refractivity contribution in [3.8, 4) is 0 Å². The van der Waals surface area contributed by atoms with E-state index in [0.717, 1.165) is 6.42 Å². The Morgan fingerprint density at radius 1 is 1.09 bits per heavy atom. The van der Waals surface area contributed by atoms with Gasteiger partial charge in [-0.15, -0.1) is 11.3 Å². The average Bonchev–Trinajstić information content (AvgIpc) is 2.96. The predicted molar refractivity (Wildman–Crippen MR) is 89.9 cm³/mol. The first-order chi connectivity index (χ1) is 10.3. The summed E-state index contributed by atoms with van der Waals surface area (Å²) in [5.41, 5.74) is 0.0186. The van der Waals surface area contributed by atoms with Crippen molar-refractivity contribution in [3.05, 3.63) is 22.4 Å². The molecule has 0 saturated carbocycles. The highest BCUT2D eigenvalue weighted by molar-refractivity contribution is 7.09. The van der Waals surface area contributed by atoms with Gasteiger partial charge in [0.1, 0.15) is 0 Å². The van der Waals surface area contributed by atoms with E-state index in [1.54, 1.807) is 11.3 Å². The molecule has 4 nitrogen and oxygen atoms in total. The summed E-state index contributed by atoms with van der Waals surface area (Å²) in [4.78, 5) is 29.5. The summed E-state index contributed by atoms with van der Waals surface area (Å²) in [6.45, 7) is 8.90. The Morgan fingerprint density at radius 3 is 2.18 bits per heavy atom. The molecule has 0 radical (unpaired) electrons. The zero-order valence-corrected chi connectivity index (χ0v) is 14.6. The molecule has 0 aliphatic carbocycles. The van der Waals surface area contributed by atoms with Gasteiger partial charge in [0.15, 0.2) is 0 Å². The average molecular weight is 322 g/mol. The molecule has 0 spiro atoms. The maximum Gasteiger partial charge on any atom is 0.223 e. The van der Waals surface area contributed by atoms with Crippen molar-refractivity contribution in [3.63, 3.8) is 0 Å². The standard InChI is InChI=1S/C17H26N2O2S/c1-17(2,3)13-16(21)19-10-8-18(9-11-19)15(20)7-6-14-5-4-12-22-14/h4-5,12H,6-11,13H2,1-3H3. The van der Waals surface area contributed by atoms with Gasteiger partial charge in [-0.3, -0.25) is 9.59 Å². The molecule has 1 aromatic rings. The van der Waals surface area contributed by atoms with E-state index >= 15 is 0 Å². The molecular formula is C17H26N2O2S. The highest BCUT2D eigenvalue weighted by Gasteiger charge is 2.26. The van der Waals surface area contributed by atoms with Crippen molar-refractivity contribution >= 4 is 23.2 Å². The number of rotatable bonds is 4. The van der Waals surface area contributed by atoms with E-state index in [2.05, 4.69) is 26.8 Å². The van der Waals surface area contributed by atoms with E-state index in [4.69, 9.17) is 0 Å². The summed E-state index contributed by atoms with van der Waals surface area (Å²) in [6.07, 6.45) is 1.95. The first-order valence-electron chi connectivity index (χ1n) is 7.93. The van der Waals surface area contributed by atoms with Crippen LogP contribution < -0.4 is 0 Å². The van der Waals surface area contributed by atoms with Crippen LogP contribution in [-0.2, 0) is 16.0 Å². The maximum atomic E-state index is 12.2. The van der Waals surface area contributed by atoms with E-state index in [1.807, 2.05) is 21.2 Å². The van der Waals surface area contributed by atoms with Gasteiger partial charge in [-0.2, -0.15) is 0 Å². The quantitative estimate of drug-likeness (QED) is 0.855. The first-order valence-corrected chi connectivity index (χ1v) is 8.81. The number of hydrogen-bond acceptors (Lipinski definition) is 3. The molecule has 0 aromatic carbocycles. The second kappa shape index (κ2) is 7.27. The van der Waals surface area contributed by atoms with Crippen LogP contribution in [0.3, 0.4) is 0 Å². The van der Waals surface area contributed by atoms with Crippen molar-refractivity contribution in [1.82, 2.24) is 9.80 Å². The minimum absolute atomic E-state index is 0.0186. The fourth-order valence-electron chi connectivity index (χ4n) is 2.61. The zero-order valence-electron chi connectivity index (χ0n) is 13.8. The van der Waals surface area contributed by atoms with Crippen molar-refractivity contribution in [2.45, 2.75) is 40.0 Å². The molecule has 2 heterocycles. The van der Waals surface area contributed by atoms with Crippen molar-refractivity contribution in [2.24, 2.45) is 5.41 Å². The molecule has 1 aliphatic rings. The molecule has 1 fully saturated rings. The van der Waals surface area contributed by atoms with Gasteiger partial charge in [0.2, 0.25) is 11.8 Å². The molecule has 22 heavy (non-hydrogen) atoms. The summed E-state index contributed by atoms with van der Waals surface area (Å²) in [5.74, 6) is 0.412. The fraction of sp³-hybridized carbons (Fsp3) is 0.647. The fourth-order valence-corrected chi connectivity index (χ4v) is 3.32. The summed E-state index contributed by atoms with van der Waals surface area (Å²) < 4.78 is 0. The van der Waals surface area contributed by atoms with E-state index in [9.17, 15) is 9.59 Å². The van der Waals surface area contributed by atoms with Crippen molar-refractivity contribution < 1.29 is 9.59 Å². The minimum atomic E-state index is 0.0186. The van der Waals surface area contributed by atoms with Gasteiger partial charge in [0.25, 0.3) is 0 Å². The molecule has 0 unspecified atom stereocenters. The largest absolute Gasteiger partial charge is 0.339 e. The van der Waals surface area contributed by atoms with Crippen LogP contribution in [0.25, 0.3) is 0 Å².